The second kappa shape index (κ2) is 10.4. The van der Waals surface area contributed by atoms with Crippen molar-refractivity contribution < 1.29 is 19.1 Å². The van der Waals surface area contributed by atoms with E-state index in [1.165, 1.54) is 18.6 Å². The third kappa shape index (κ3) is 6.05. The number of likely N-dealkylation sites (tertiary alicyclic amines) is 1. The predicted molar refractivity (Wildman–Crippen MR) is 104 cm³/mol. The summed E-state index contributed by atoms with van der Waals surface area (Å²) >= 11 is 1.17. The standard InChI is InChI=1S/C18H30N4O4S/c1-5-6-10-26-17-20-18(27-21-17)19-13(11-12(2)3)15(23)22-9-7-8-14(22)16(24)25-4/h12-14H,5-11H2,1-4H3,(H,19,20,21)/t13-,14-/m0/s1. The van der Waals surface area contributed by atoms with Crippen molar-refractivity contribution in [2.45, 2.75) is 65.0 Å². The molecule has 0 radical (unpaired) electrons. The summed E-state index contributed by atoms with van der Waals surface area (Å²) in [7, 11) is 1.36. The Morgan fingerprint density at radius 1 is 1.41 bits per heavy atom. The van der Waals surface area contributed by atoms with Gasteiger partial charge in [-0.15, -0.1) is 4.37 Å². The van der Waals surface area contributed by atoms with Crippen LogP contribution in [-0.2, 0) is 14.3 Å². The van der Waals surface area contributed by atoms with Crippen molar-refractivity contribution in [3.63, 3.8) is 0 Å². The van der Waals surface area contributed by atoms with Crippen LogP contribution in [0.3, 0.4) is 0 Å². The Bertz CT molecular complexity index is 622. The molecule has 1 aliphatic heterocycles. The lowest BCUT2D eigenvalue weighted by molar-refractivity contribution is -0.151. The number of nitrogens with zero attached hydrogens (tertiary/aromatic N) is 3. The lowest BCUT2D eigenvalue weighted by Crippen LogP contribution is -2.48. The fourth-order valence-corrected chi connectivity index (χ4v) is 3.66. The van der Waals surface area contributed by atoms with E-state index in [9.17, 15) is 9.59 Å². The maximum atomic E-state index is 13.1. The van der Waals surface area contributed by atoms with Gasteiger partial charge in [0.25, 0.3) is 0 Å². The van der Waals surface area contributed by atoms with Crippen molar-refractivity contribution in [2.75, 3.05) is 25.6 Å². The van der Waals surface area contributed by atoms with Crippen LogP contribution >= 0.6 is 11.5 Å². The molecule has 0 unspecified atom stereocenters. The van der Waals surface area contributed by atoms with Gasteiger partial charge in [-0.2, -0.15) is 4.98 Å². The molecule has 1 fully saturated rings. The maximum absolute atomic E-state index is 13.1. The van der Waals surface area contributed by atoms with E-state index < -0.39 is 12.1 Å². The zero-order valence-corrected chi connectivity index (χ0v) is 17.4. The second-order valence-electron chi connectivity index (χ2n) is 7.12. The summed E-state index contributed by atoms with van der Waals surface area (Å²) in [5.74, 6) is -0.147. The van der Waals surface area contributed by atoms with E-state index in [-0.39, 0.29) is 11.9 Å². The van der Waals surface area contributed by atoms with Crippen LogP contribution < -0.4 is 10.1 Å². The molecule has 0 aromatic carbocycles. The Labute approximate surface area is 164 Å². The predicted octanol–water partition coefficient (Wildman–Crippen LogP) is 2.71. The molecular weight excluding hydrogens is 368 g/mol. The molecule has 1 aliphatic rings. The summed E-state index contributed by atoms with van der Waals surface area (Å²) in [5, 5.41) is 3.75. The molecule has 1 aromatic rings. The van der Waals surface area contributed by atoms with Crippen molar-refractivity contribution in [1.29, 1.82) is 0 Å². The van der Waals surface area contributed by atoms with E-state index in [1.54, 1.807) is 4.90 Å². The highest BCUT2D eigenvalue weighted by Crippen LogP contribution is 2.24. The van der Waals surface area contributed by atoms with Crippen LogP contribution in [-0.4, -0.2) is 58.5 Å². The number of hydrogen-bond acceptors (Lipinski definition) is 8. The van der Waals surface area contributed by atoms with Gasteiger partial charge in [0, 0.05) is 18.1 Å². The van der Waals surface area contributed by atoms with Crippen LogP contribution in [0.2, 0.25) is 0 Å². The third-order valence-electron chi connectivity index (χ3n) is 4.45. The molecule has 9 heteroatoms. The third-order valence-corrected chi connectivity index (χ3v) is 5.08. The largest absolute Gasteiger partial charge is 0.467 e. The molecule has 1 saturated heterocycles. The number of rotatable bonds is 10. The molecule has 1 N–H and O–H groups in total. The summed E-state index contributed by atoms with van der Waals surface area (Å²) < 4.78 is 14.5. The molecule has 27 heavy (non-hydrogen) atoms. The van der Waals surface area contributed by atoms with Crippen molar-refractivity contribution in [1.82, 2.24) is 14.3 Å². The SMILES string of the molecule is CCCCOc1nsc(N[C@@H](CC(C)C)C(=O)N2CCC[C@H]2C(=O)OC)n1. The molecule has 0 aliphatic carbocycles. The molecule has 0 bridgehead atoms. The first kappa shape index (κ1) is 21.4. The fraction of sp³-hybridized carbons (Fsp3) is 0.778. The number of ether oxygens (including phenoxy) is 2. The number of anilines is 1. The van der Waals surface area contributed by atoms with Gasteiger partial charge in [-0.3, -0.25) is 4.79 Å². The van der Waals surface area contributed by atoms with Gasteiger partial charge in [0.2, 0.25) is 11.0 Å². The Morgan fingerprint density at radius 2 is 2.19 bits per heavy atom. The van der Waals surface area contributed by atoms with Crippen molar-refractivity contribution in [3.05, 3.63) is 0 Å². The molecule has 2 heterocycles. The molecule has 1 aromatic heterocycles. The number of carbonyl (C=O) groups excluding carboxylic acids is 2. The van der Waals surface area contributed by atoms with Gasteiger partial charge in [-0.05, 0) is 31.6 Å². The molecule has 2 rings (SSSR count). The average molecular weight is 399 g/mol. The van der Waals surface area contributed by atoms with Crippen LogP contribution in [0.1, 0.15) is 52.9 Å². The van der Waals surface area contributed by atoms with Crippen LogP contribution in [0.25, 0.3) is 0 Å². The van der Waals surface area contributed by atoms with Crippen LogP contribution in [0.15, 0.2) is 0 Å². The van der Waals surface area contributed by atoms with Gasteiger partial charge in [0.15, 0.2) is 0 Å². The number of aromatic nitrogens is 2. The topological polar surface area (TPSA) is 93.7 Å². The fourth-order valence-electron chi connectivity index (χ4n) is 3.09. The summed E-state index contributed by atoms with van der Waals surface area (Å²) in [6.07, 6.45) is 4.06. The summed E-state index contributed by atoms with van der Waals surface area (Å²) in [6.45, 7) is 7.35. The Balaban J connectivity index is 2.06. The average Bonchev–Trinajstić information content (AvgIpc) is 3.29. The Hall–Kier alpha value is -1.90. The molecule has 8 nitrogen and oxygen atoms in total. The van der Waals surface area contributed by atoms with E-state index >= 15 is 0 Å². The van der Waals surface area contributed by atoms with E-state index in [2.05, 4.69) is 35.4 Å². The second-order valence-corrected chi connectivity index (χ2v) is 7.88. The highest BCUT2D eigenvalue weighted by molar-refractivity contribution is 7.09. The van der Waals surface area contributed by atoms with Gasteiger partial charge >= 0.3 is 12.0 Å². The highest BCUT2D eigenvalue weighted by Gasteiger charge is 2.38. The summed E-state index contributed by atoms with van der Waals surface area (Å²) in [5.41, 5.74) is 0. The first-order chi connectivity index (χ1) is 13.0. The van der Waals surface area contributed by atoms with Gasteiger partial charge in [0.05, 0.1) is 13.7 Å². The number of unbranched alkanes of at least 4 members (excludes halogenated alkanes) is 1. The number of amides is 1. The first-order valence-corrected chi connectivity index (χ1v) is 10.3. The van der Waals surface area contributed by atoms with Gasteiger partial charge < -0.3 is 19.7 Å². The number of methoxy groups -OCH3 is 1. The minimum atomic E-state index is -0.499. The molecular formula is C18H30N4O4S. The number of hydrogen-bond donors (Lipinski definition) is 1. The molecule has 0 spiro atoms. The van der Waals surface area contributed by atoms with E-state index in [0.717, 1.165) is 19.3 Å². The van der Waals surface area contributed by atoms with Crippen LogP contribution in [0.4, 0.5) is 5.13 Å². The Morgan fingerprint density at radius 3 is 2.85 bits per heavy atom. The van der Waals surface area contributed by atoms with Crippen LogP contribution in [0, 0.1) is 5.92 Å². The van der Waals surface area contributed by atoms with E-state index in [1.807, 2.05) is 0 Å². The zero-order chi connectivity index (χ0) is 19.8. The normalized spacial score (nSPS) is 17.8. The first-order valence-electron chi connectivity index (χ1n) is 9.57. The minimum absolute atomic E-state index is 0.0970. The molecule has 1 amide bonds. The maximum Gasteiger partial charge on any atom is 0.330 e. The monoisotopic (exact) mass is 398 g/mol. The molecule has 152 valence electrons. The highest BCUT2D eigenvalue weighted by atomic mass is 32.1. The zero-order valence-electron chi connectivity index (χ0n) is 16.6. The van der Waals surface area contributed by atoms with Crippen LogP contribution in [0.5, 0.6) is 6.01 Å². The van der Waals surface area contributed by atoms with Gasteiger partial charge in [-0.1, -0.05) is 27.2 Å². The quantitative estimate of drug-likeness (QED) is 0.478. The van der Waals surface area contributed by atoms with Crippen molar-refractivity contribution >= 4 is 28.5 Å². The summed E-state index contributed by atoms with van der Waals surface area (Å²) in [4.78, 5) is 31.1. The number of esters is 1. The smallest absolute Gasteiger partial charge is 0.330 e. The molecule has 0 saturated carbocycles. The number of carbonyl (C=O) groups is 2. The van der Waals surface area contributed by atoms with E-state index in [0.29, 0.717) is 43.1 Å². The minimum Gasteiger partial charge on any atom is -0.467 e. The number of nitrogens with one attached hydrogen (secondary N) is 1. The lowest BCUT2D eigenvalue weighted by Gasteiger charge is -2.28. The molecule has 2 atom stereocenters. The van der Waals surface area contributed by atoms with E-state index in [4.69, 9.17) is 9.47 Å². The van der Waals surface area contributed by atoms with Gasteiger partial charge in [0.1, 0.15) is 12.1 Å². The van der Waals surface area contributed by atoms with Crippen molar-refractivity contribution in [3.8, 4) is 6.01 Å². The lowest BCUT2D eigenvalue weighted by atomic mass is 10.0. The van der Waals surface area contributed by atoms with Gasteiger partial charge in [-0.25, -0.2) is 4.79 Å². The summed E-state index contributed by atoms with van der Waals surface area (Å²) in [6, 6.07) is -0.631. The van der Waals surface area contributed by atoms with Crippen molar-refractivity contribution in [2.24, 2.45) is 5.92 Å². The Kier molecular flexibility index (Phi) is 8.27.